The van der Waals surface area contributed by atoms with Crippen LogP contribution in [-0.2, 0) is 14.3 Å². The van der Waals surface area contributed by atoms with Gasteiger partial charge >= 0.3 is 5.97 Å². The van der Waals surface area contributed by atoms with Crippen molar-refractivity contribution in [3.8, 4) is 0 Å². The molecule has 2 N–H and O–H groups in total. The van der Waals surface area contributed by atoms with E-state index in [4.69, 9.17) is 4.74 Å². The number of aryl methyl sites for hydroxylation is 2. The molecule has 1 aromatic carbocycles. The third kappa shape index (κ3) is 3.81. The van der Waals surface area contributed by atoms with Crippen LogP contribution in [0.15, 0.2) is 18.2 Å². The van der Waals surface area contributed by atoms with E-state index in [1.807, 2.05) is 19.9 Å². The molecule has 20 heavy (non-hydrogen) atoms. The number of nitrogens with one attached hydrogen (secondary N) is 1. The predicted molar refractivity (Wildman–Crippen MR) is 75.5 cm³/mol. The molecule has 0 aliphatic heterocycles. The Balaban J connectivity index is 2.97. The number of aliphatic carboxylic acids is 1. The molecule has 1 aromatic rings. The Morgan fingerprint density at radius 1 is 1.30 bits per heavy atom. The second-order valence-corrected chi connectivity index (χ2v) is 4.76. The first-order valence-corrected chi connectivity index (χ1v) is 6.53. The Bertz CT molecular complexity index is 495. The summed E-state index contributed by atoms with van der Waals surface area (Å²) in [4.78, 5) is 23.3. The van der Waals surface area contributed by atoms with Crippen LogP contribution in [-0.4, -0.2) is 30.2 Å². The zero-order chi connectivity index (χ0) is 15.3. The highest BCUT2D eigenvalue weighted by molar-refractivity contribution is 5.87. The van der Waals surface area contributed by atoms with Crippen LogP contribution in [0.3, 0.4) is 0 Å². The van der Waals surface area contributed by atoms with Crippen molar-refractivity contribution in [2.75, 3.05) is 7.11 Å². The SMILES string of the molecule is CCC(OC)C(=O)NC(C(=O)O)c1ccc(C)c(C)c1. The smallest absolute Gasteiger partial charge is 0.330 e. The number of hydrogen-bond donors (Lipinski definition) is 2. The molecule has 2 atom stereocenters. The van der Waals surface area contributed by atoms with Gasteiger partial charge in [-0.2, -0.15) is 0 Å². The van der Waals surface area contributed by atoms with E-state index in [2.05, 4.69) is 5.32 Å². The maximum atomic E-state index is 11.9. The van der Waals surface area contributed by atoms with Crippen LogP contribution < -0.4 is 5.32 Å². The van der Waals surface area contributed by atoms with Crippen molar-refractivity contribution in [1.82, 2.24) is 5.32 Å². The van der Waals surface area contributed by atoms with Crippen molar-refractivity contribution in [2.24, 2.45) is 0 Å². The maximum Gasteiger partial charge on any atom is 0.330 e. The first-order chi connectivity index (χ1) is 9.40. The van der Waals surface area contributed by atoms with E-state index in [-0.39, 0.29) is 0 Å². The normalized spacial score (nSPS) is 13.6. The first-order valence-electron chi connectivity index (χ1n) is 6.53. The van der Waals surface area contributed by atoms with E-state index >= 15 is 0 Å². The number of amides is 1. The van der Waals surface area contributed by atoms with Gasteiger partial charge in [0.1, 0.15) is 6.10 Å². The van der Waals surface area contributed by atoms with Crippen molar-refractivity contribution in [3.63, 3.8) is 0 Å². The van der Waals surface area contributed by atoms with Crippen LogP contribution in [0.5, 0.6) is 0 Å². The fourth-order valence-electron chi connectivity index (χ4n) is 1.93. The van der Waals surface area contributed by atoms with Crippen LogP contribution in [0.4, 0.5) is 0 Å². The molecule has 0 fully saturated rings. The van der Waals surface area contributed by atoms with Gasteiger partial charge in [-0.1, -0.05) is 25.1 Å². The van der Waals surface area contributed by atoms with E-state index < -0.39 is 24.0 Å². The number of carboxylic acids is 1. The molecule has 0 saturated carbocycles. The highest BCUT2D eigenvalue weighted by Crippen LogP contribution is 2.18. The number of methoxy groups -OCH3 is 1. The second kappa shape index (κ2) is 7.05. The zero-order valence-corrected chi connectivity index (χ0v) is 12.3. The summed E-state index contributed by atoms with van der Waals surface area (Å²) in [5.41, 5.74) is 2.62. The highest BCUT2D eigenvalue weighted by atomic mass is 16.5. The van der Waals surface area contributed by atoms with E-state index in [0.29, 0.717) is 12.0 Å². The predicted octanol–water partition coefficient (Wildman–Crippen LogP) is 1.97. The summed E-state index contributed by atoms with van der Waals surface area (Å²) >= 11 is 0. The largest absolute Gasteiger partial charge is 0.479 e. The molecular formula is C15H21NO4. The Hall–Kier alpha value is -1.88. The van der Waals surface area contributed by atoms with Crippen LogP contribution in [0, 0.1) is 13.8 Å². The Kier molecular flexibility index (Phi) is 5.70. The molecule has 110 valence electrons. The fourth-order valence-corrected chi connectivity index (χ4v) is 1.93. The van der Waals surface area contributed by atoms with Crippen LogP contribution in [0.1, 0.15) is 36.1 Å². The quantitative estimate of drug-likeness (QED) is 0.834. The minimum absolute atomic E-state index is 0.416. The summed E-state index contributed by atoms with van der Waals surface area (Å²) in [6, 6.07) is 4.28. The molecule has 5 heteroatoms. The van der Waals surface area contributed by atoms with Crippen LogP contribution >= 0.6 is 0 Å². The third-order valence-corrected chi connectivity index (χ3v) is 3.35. The van der Waals surface area contributed by atoms with Crippen molar-refractivity contribution in [2.45, 2.75) is 39.3 Å². The van der Waals surface area contributed by atoms with Gasteiger partial charge in [-0.05, 0) is 37.0 Å². The van der Waals surface area contributed by atoms with Gasteiger partial charge in [-0.15, -0.1) is 0 Å². The van der Waals surface area contributed by atoms with Gasteiger partial charge in [0.2, 0.25) is 5.91 Å². The van der Waals surface area contributed by atoms with Crippen molar-refractivity contribution >= 4 is 11.9 Å². The standard InChI is InChI=1S/C15H21NO4/c1-5-12(20-4)14(17)16-13(15(18)19)11-7-6-9(2)10(3)8-11/h6-8,12-13H,5H2,1-4H3,(H,16,17)(H,18,19). The average molecular weight is 279 g/mol. The highest BCUT2D eigenvalue weighted by Gasteiger charge is 2.25. The van der Waals surface area contributed by atoms with Gasteiger partial charge in [0.25, 0.3) is 0 Å². The molecule has 0 spiro atoms. The number of rotatable bonds is 6. The Labute approximate surface area is 118 Å². The number of benzene rings is 1. The summed E-state index contributed by atoms with van der Waals surface area (Å²) in [5.74, 6) is -1.51. The molecule has 0 radical (unpaired) electrons. The summed E-state index contributed by atoms with van der Waals surface area (Å²) < 4.78 is 5.02. The van der Waals surface area contributed by atoms with E-state index in [9.17, 15) is 14.7 Å². The number of carboxylic acid groups (broad SMARTS) is 1. The molecule has 0 aliphatic carbocycles. The molecule has 1 rings (SSSR count). The summed E-state index contributed by atoms with van der Waals surface area (Å²) in [6.45, 7) is 5.66. The van der Waals surface area contributed by atoms with Crippen LogP contribution in [0.25, 0.3) is 0 Å². The van der Waals surface area contributed by atoms with E-state index in [0.717, 1.165) is 11.1 Å². The molecule has 0 aliphatic rings. The molecule has 5 nitrogen and oxygen atoms in total. The molecule has 0 aromatic heterocycles. The summed E-state index contributed by atoms with van der Waals surface area (Å²) in [6.07, 6.45) is -0.148. The van der Waals surface area contributed by atoms with Gasteiger partial charge in [0.05, 0.1) is 0 Å². The summed E-state index contributed by atoms with van der Waals surface area (Å²) in [5, 5.41) is 11.8. The van der Waals surface area contributed by atoms with Gasteiger partial charge < -0.3 is 15.2 Å². The second-order valence-electron chi connectivity index (χ2n) is 4.76. The van der Waals surface area contributed by atoms with Crippen molar-refractivity contribution in [1.29, 1.82) is 0 Å². The lowest BCUT2D eigenvalue weighted by Crippen LogP contribution is -2.40. The minimum Gasteiger partial charge on any atom is -0.479 e. The third-order valence-electron chi connectivity index (χ3n) is 3.35. The Morgan fingerprint density at radius 2 is 1.95 bits per heavy atom. The first kappa shape index (κ1) is 16.2. The zero-order valence-electron chi connectivity index (χ0n) is 12.3. The van der Waals surface area contributed by atoms with Crippen molar-refractivity contribution in [3.05, 3.63) is 34.9 Å². The summed E-state index contributed by atoms with van der Waals surface area (Å²) in [7, 11) is 1.43. The van der Waals surface area contributed by atoms with Gasteiger partial charge in [-0.3, -0.25) is 4.79 Å². The lowest BCUT2D eigenvalue weighted by Gasteiger charge is -2.19. The number of carbonyl (C=O) groups is 2. The van der Waals surface area contributed by atoms with E-state index in [1.54, 1.807) is 19.1 Å². The lowest BCUT2D eigenvalue weighted by atomic mass is 10.0. The average Bonchev–Trinajstić information content (AvgIpc) is 2.40. The molecule has 0 bridgehead atoms. The topological polar surface area (TPSA) is 75.6 Å². The minimum atomic E-state index is -1.09. The van der Waals surface area contributed by atoms with Crippen LogP contribution in [0.2, 0.25) is 0 Å². The van der Waals surface area contributed by atoms with E-state index in [1.165, 1.54) is 7.11 Å². The van der Waals surface area contributed by atoms with Gasteiger partial charge in [0, 0.05) is 7.11 Å². The maximum absolute atomic E-state index is 11.9. The monoisotopic (exact) mass is 279 g/mol. The molecule has 0 heterocycles. The molecule has 1 amide bonds. The number of carbonyl (C=O) groups excluding carboxylic acids is 1. The Morgan fingerprint density at radius 3 is 2.40 bits per heavy atom. The molecule has 0 saturated heterocycles. The lowest BCUT2D eigenvalue weighted by molar-refractivity contribution is -0.144. The number of ether oxygens (including phenoxy) is 1. The van der Waals surface area contributed by atoms with Gasteiger partial charge in [-0.25, -0.2) is 4.79 Å². The molecule has 2 unspecified atom stereocenters. The van der Waals surface area contributed by atoms with Crippen molar-refractivity contribution < 1.29 is 19.4 Å². The number of hydrogen-bond acceptors (Lipinski definition) is 3. The molecular weight excluding hydrogens is 258 g/mol. The fraction of sp³-hybridized carbons (Fsp3) is 0.467. The van der Waals surface area contributed by atoms with Gasteiger partial charge in [0.15, 0.2) is 6.04 Å².